The van der Waals surface area contributed by atoms with Crippen LogP contribution in [0.25, 0.3) is 0 Å². The van der Waals surface area contributed by atoms with Crippen molar-refractivity contribution < 1.29 is 14.9 Å². The van der Waals surface area contributed by atoms with Gasteiger partial charge in [-0.15, -0.1) is 0 Å². The van der Waals surface area contributed by atoms with Gasteiger partial charge in [-0.1, -0.05) is 6.92 Å². The maximum atomic E-state index is 9.64. The van der Waals surface area contributed by atoms with Gasteiger partial charge in [0, 0.05) is 13.2 Å². The Bertz CT molecular complexity index is 180. The van der Waals surface area contributed by atoms with Crippen LogP contribution in [-0.4, -0.2) is 48.2 Å². The molecule has 0 radical (unpaired) electrons. The van der Waals surface area contributed by atoms with Crippen LogP contribution < -0.4 is 5.32 Å². The van der Waals surface area contributed by atoms with E-state index in [-0.39, 0.29) is 12.2 Å². The van der Waals surface area contributed by atoms with E-state index >= 15 is 0 Å². The van der Waals surface area contributed by atoms with Crippen molar-refractivity contribution in [2.24, 2.45) is 5.92 Å². The first-order chi connectivity index (χ1) is 7.85. The van der Waals surface area contributed by atoms with Crippen molar-refractivity contribution in [2.75, 3.05) is 26.3 Å². The molecule has 0 fully saturated rings. The highest BCUT2D eigenvalue weighted by Gasteiger charge is 2.13. The van der Waals surface area contributed by atoms with Crippen LogP contribution in [0.3, 0.4) is 0 Å². The van der Waals surface area contributed by atoms with Crippen molar-refractivity contribution in [2.45, 2.75) is 52.2 Å². The van der Waals surface area contributed by atoms with E-state index in [4.69, 9.17) is 9.84 Å². The summed E-state index contributed by atoms with van der Waals surface area (Å²) in [5.41, 5.74) is -0.197. The van der Waals surface area contributed by atoms with Crippen LogP contribution in [0, 0.1) is 5.92 Å². The van der Waals surface area contributed by atoms with Crippen LogP contribution in [-0.2, 0) is 4.74 Å². The number of ether oxygens (including phenoxy) is 1. The molecule has 0 aliphatic rings. The van der Waals surface area contributed by atoms with Gasteiger partial charge in [-0.3, -0.25) is 0 Å². The quantitative estimate of drug-likeness (QED) is 0.535. The summed E-state index contributed by atoms with van der Waals surface area (Å²) in [4.78, 5) is 0. The average Bonchev–Trinajstić information content (AvgIpc) is 2.24. The normalized spacial score (nSPS) is 15.9. The molecule has 17 heavy (non-hydrogen) atoms. The van der Waals surface area contributed by atoms with Gasteiger partial charge in [0.2, 0.25) is 0 Å². The van der Waals surface area contributed by atoms with E-state index in [1.165, 1.54) is 0 Å². The van der Waals surface area contributed by atoms with E-state index in [2.05, 4.69) is 5.32 Å². The second kappa shape index (κ2) is 8.86. The molecule has 4 heteroatoms. The molecule has 0 saturated carbocycles. The zero-order valence-electron chi connectivity index (χ0n) is 11.7. The van der Waals surface area contributed by atoms with E-state index in [0.717, 1.165) is 19.4 Å². The Labute approximate surface area is 105 Å². The predicted octanol–water partition coefficient (Wildman–Crippen LogP) is 1.16. The molecule has 2 atom stereocenters. The van der Waals surface area contributed by atoms with E-state index in [1.54, 1.807) is 0 Å². The number of hydrogen-bond acceptors (Lipinski definition) is 4. The van der Waals surface area contributed by atoms with Crippen LogP contribution >= 0.6 is 0 Å². The topological polar surface area (TPSA) is 61.7 Å². The molecule has 0 aliphatic heterocycles. The average molecular weight is 247 g/mol. The Morgan fingerprint density at radius 2 is 1.94 bits per heavy atom. The lowest BCUT2D eigenvalue weighted by molar-refractivity contribution is -0.0478. The molecule has 0 aromatic heterocycles. The lowest BCUT2D eigenvalue weighted by atomic mass is 10.1. The highest BCUT2D eigenvalue weighted by atomic mass is 16.5. The number of hydrogen-bond donors (Lipinski definition) is 3. The predicted molar refractivity (Wildman–Crippen MR) is 70.1 cm³/mol. The summed E-state index contributed by atoms with van der Waals surface area (Å²) in [7, 11) is 0. The Kier molecular flexibility index (Phi) is 8.78. The van der Waals surface area contributed by atoms with Gasteiger partial charge >= 0.3 is 0 Å². The highest BCUT2D eigenvalue weighted by molar-refractivity contribution is 4.64. The Morgan fingerprint density at radius 3 is 2.47 bits per heavy atom. The minimum atomic E-state index is -0.454. The molecular formula is C13H29NO3. The summed E-state index contributed by atoms with van der Waals surface area (Å²) in [6, 6.07) is 0. The van der Waals surface area contributed by atoms with Gasteiger partial charge in [0.1, 0.15) is 0 Å². The van der Waals surface area contributed by atoms with E-state index in [9.17, 15) is 5.11 Å². The largest absolute Gasteiger partial charge is 0.396 e. The molecule has 3 N–H and O–H groups in total. The molecule has 0 aliphatic carbocycles. The SMILES string of the molecule is CC(CO)CCCNCC(O)COC(C)(C)C. The molecule has 0 rings (SSSR count). The zero-order valence-corrected chi connectivity index (χ0v) is 11.7. The van der Waals surface area contributed by atoms with Crippen LogP contribution in [0.15, 0.2) is 0 Å². The van der Waals surface area contributed by atoms with Crippen molar-refractivity contribution in [3.05, 3.63) is 0 Å². The summed E-state index contributed by atoms with van der Waals surface area (Å²) in [6.07, 6.45) is 1.58. The Morgan fingerprint density at radius 1 is 1.29 bits per heavy atom. The molecule has 0 saturated heterocycles. The molecule has 4 nitrogen and oxygen atoms in total. The van der Waals surface area contributed by atoms with Crippen LogP contribution in [0.1, 0.15) is 40.5 Å². The van der Waals surface area contributed by atoms with Crippen molar-refractivity contribution in [3.8, 4) is 0 Å². The van der Waals surface area contributed by atoms with Gasteiger partial charge in [0.15, 0.2) is 0 Å². The summed E-state index contributed by atoms with van der Waals surface area (Å²) < 4.78 is 5.48. The van der Waals surface area contributed by atoms with Gasteiger partial charge < -0.3 is 20.3 Å². The lowest BCUT2D eigenvalue weighted by Crippen LogP contribution is -2.34. The maximum Gasteiger partial charge on any atom is 0.0897 e. The Balaban J connectivity index is 3.36. The van der Waals surface area contributed by atoms with E-state index in [0.29, 0.717) is 19.1 Å². The first kappa shape index (κ1) is 16.8. The fraction of sp³-hybridized carbons (Fsp3) is 1.00. The minimum absolute atomic E-state index is 0.197. The first-order valence-electron chi connectivity index (χ1n) is 6.48. The van der Waals surface area contributed by atoms with Gasteiger partial charge in [-0.2, -0.15) is 0 Å². The molecule has 2 unspecified atom stereocenters. The second-order valence-corrected chi connectivity index (χ2v) is 5.71. The number of rotatable bonds is 9. The lowest BCUT2D eigenvalue weighted by Gasteiger charge is -2.22. The summed E-state index contributed by atoms with van der Waals surface area (Å²) in [6.45, 7) is 10.0. The van der Waals surface area contributed by atoms with Crippen molar-refractivity contribution in [3.63, 3.8) is 0 Å². The Hall–Kier alpha value is -0.160. The third kappa shape index (κ3) is 12.1. The summed E-state index contributed by atoms with van der Waals surface area (Å²) >= 11 is 0. The van der Waals surface area contributed by atoms with Gasteiger partial charge in [0.05, 0.1) is 18.3 Å². The monoisotopic (exact) mass is 247 g/mol. The van der Waals surface area contributed by atoms with Crippen molar-refractivity contribution in [1.82, 2.24) is 5.32 Å². The van der Waals surface area contributed by atoms with E-state index in [1.807, 2.05) is 27.7 Å². The van der Waals surface area contributed by atoms with Gasteiger partial charge in [-0.05, 0) is 46.1 Å². The second-order valence-electron chi connectivity index (χ2n) is 5.71. The molecule has 0 heterocycles. The fourth-order valence-electron chi connectivity index (χ4n) is 1.34. The third-order valence-electron chi connectivity index (χ3n) is 2.45. The number of nitrogens with one attached hydrogen (secondary N) is 1. The standard InChI is InChI=1S/C13H29NO3/c1-11(9-15)6-5-7-14-8-12(16)10-17-13(2,3)4/h11-12,14-16H,5-10H2,1-4H3. The number of aliphatic hydroxyl groups is 2. The molecular weight excluding hydrogens is 218 g/mol. The molecule has 0 bridgehead atoms. The van der Waals surface area contributed by atoms with Crippen molar-refractivity contribution in [1.29, 1.82) is 0 Å². The fourth-order valence-corrected chi connectivity index (χ4v) is 1.34. The van der Waals surface area contributed by atoms with Crippen LogP contribution in [0.4, 0.5) is 0 Å². The highest BCUT2D eigenvalue weighted by Crippen LogP contribution is 2.07. The van der Waals surface area contributed by atoms with Crippen LogP contribution in [0.5, 0.6) is 0 Å². The number of aliphatic hydroxyl groups excluding tert-OH is 2. The van der Waals surface area contributed by atoms with Crippen LogP contribution in [0.2, 0.25) is 0 Å². The minimum Gasteiger partial charge on any atom is -0.396 e. The summed E-state index contributed by atoms with van der Waals surface area (Å²) in [5.74, 6) is 0.367. The first-order valence-corrected chi connectivity index (χ1v) is 6.48. The zero-order chi connectivity index (χ0) is 13.3. The summed E-state index contributed by atoms with van der Waals surface area (Å²) in [5, 5.41) is 21.7. The molecule has 0 aromatic carbocycles. The van der Waals surface area contributed by atoms with Gasteiger partial charge in [-0.25, -0.2) is 0 Å². The molecule has 104 valence electrons. The van der Waals surface area contributed by atoms with E-state index < -0.39 is 6.10 Å². The molecule has 0 aromatic rings. The van der Waals surface area contributed by atoms with Crippen molar-refractivity contribution >= 4 is 0 Å². The van der Waals surface area contributed by atoms with Gasteiger partial charge in [0.25, 0.3) is 0 Å². The third-order valence-corrected chi connectivity index (χ3v) is 2.45. The smallest absolute Gasteiger partial charge is 0.0897 e. The molecule has 0 amide bonds. The maximum absolute atomic E-state index is 9.64. The molecule has 0 spiro atoms.